The fourth-order valence-electron chi connectivity index (χ4n) is 2.84. The third kappa shape index (κ3) is 4.32. The smallest absolute Gasteiger partial charge is 0.223 e. The number of hydrogen-bond acceptors (Lipinski definition) is 3. The lowest BCUT2D eigenvalue weighted by Gasteiger charge is -2.27. The Balaban J connectivity index is 1.87. The summed E-state index contributed by atoms with van der Waals surface area (Å²) < 4.78 is 0. The Labute approximate surface area is 120 Å². The van der Waals surface area contributed by atoms with Crippen molar-refractivity contribution in [1.82, 2.24) is 5.32 Å². The van der Waals surface area contributed by atoms with E-state index in [1.165, 1.54) is 0 Å². The van der Waals surface area contributed by atoms with Gasteiger partial charge in [0.25, 0.3) is 0 Å². The number of rotatable bonds is 5. The maximum Gasteiger partial charge on any atom is 0.223 e. The molecular weight excluding hydrogens is 252 g/mol. The summed E-state index contributed by atoms with van der Waals surface area (Å²) in [5, 5.41) is 12.4. The van der Waals surface area contributed by atoms with E-state index in [1.54, 1.807) is 0 Å². The molecule has 4 N–H and O–H groups in total. The molecule has 0 bridgehead atoms. The van der Waals surface area contributed by atoms with E-state index < -0.39 is 0 Å². The van der Waals surface area contributed by atoms with Gasteiger partial charge in [0, 0.05) is 12.0 Å². The van der Waals surface area contributed by atoms with Crippen LogP contribution in [0.4, 0.5) is 0 Å². The van der Waals surface area contributed by atoms with E-state index in [1.807, 2.05) is 30.3 Å². The number of carbonyl (C=O) groups is 1. The molecule has 110 valence electrons. The summed E-state index contributed by atoms with van der Waals surface area (Å²) in [6, 6.07) is 9.82. The highest BCUT2D eigenvalue weighted by atomic mass is 16.3. The Morgan fingerprint density at radius 3 is 2.75 bits per heavy atom. The summed E-state index contributed by atoms with van der Waals surface area (Å²) >= 11 is 0. The van der Waals surface area contributed by atoms with E-state index in [2.05, 4.69) is 5.32 Å². The molecule has 1 saturated carbocycles. The van der Waals surface area contributed by atoms with E-state index in [4.69, 9.17) is 5.73 Å². The van der Waals surface area contributed by atoms with Crippen LogP contribution >= 0.6 is 0 Å². The average Bonchev–Trinajstić information content (AvgIpc) is 2.47. The molecule has 0 spiro atoms. The lowest BCUT2D eigenvalue weighted by Crippen LogP contribution is -2.44. The lowest BCUT2D eigenvalue weighted by molar-refractivity contribution is -0.127. The first-order valence-electron chi connectivity index (χ1n) is 7.39. The quantitative estimate of drug-likeness (QED) is 0.757. The predicted molar refractivity (Wildman–Crippen MR) is 79.1 cm³/mol. The minimum absolute atomic E-state index is 0.00331. The fraction of sp³-hybridized carbons (Fsp3) is 0.562. The first-order chi connectivity index (χ1) is 9.69. The summed E-state index contributed by atoms with van der Waals surface area (Å²) in [7, 11) is 0. The van der Waals surface area contributed by atoms with Crippen LogP contribution in [-0.2, 0) is 11.2 Å². The van der Waals surface area contributed by atoms with Gasteiger partial charge < -0.3 is 16.2 Å². The monoisotopic (exact) mass is 276 g/mol. The topological polar surface area (TPSA) is 75.4 Å². The minimum atomic E-state index is -0.219. The molecule has 1 aromatic rings. The van der Waals surface area contributed by atoms with Gasteiger partial charge in [0.2, 0.25) is 5.91 Å². The van der Waals surface area contributed by atoms with Gasteiger partial charge >= 0.3 is 0 Å². The van der Waals surface area contributed by atoms with Gasteiger partial charge in [0.1, 0.15) is 0 Å². The number of aliphatic hydroxyl groups excluding tert-OH is 1. The Morgan fingerprint density at radius 1 is 1.35 bits per heavy atom. The van der Waals surface area contributed by atoms with Gasteiger partial charge in [-0.3, -0.25) is 4.79 Å². The Bertz CT molecular complexity index is 422. The van der Waals surface area contributed by atoms with Gasteiger partial charge in [0.15, 0.2) is 0 Å². The van der Waals surface area contributed by atoms with Crippen LogP contribution in [0.3, 0.4) is 0 Å². The maximum absolute atomic E-state index is 12.2. The van der Waals surface area contributed by atoms with Gasteiger partial charge in [-0.1, -0.05) is 36.8 Å². The largest absolute Gasteiger partial charge is 0.394 e. The average molecular weight is 276 g/mol. The molecule has 4 nitrogen and oxygen atoms in total. The van der Waals surface area contributed by atoms with E-state index in [-0.39, 0.29) is 30.5 Å². The molecule has 0 aromatic heterocycles. The normalized spacial score (nSPS) is 24.1. The SMILES string of the molecule is NC1CCCC(C(=O)NC(CO)Cc2ccccc2)C1. The first-order valence-corrected chi connectivity index (χ1v) is 7.39. The number of hydrogen-bond donors (Lipinski definition) is 3. The van der Waals surface area contributed by atoms with Gasteiger partial charge in [-0.05, 0) is 31.2 Å². The number of carbonyl (C=O) groups excluding carboxylic acids is 1. The third-order valence-electron chi connectivity index (χ3n) is 3.98. The maximum atomic E-state index is 12.2. The molecule has 3 unspecified atom stereocenters. The molecule has 1 amide bonds. The van der Waals surface area contributed by atoms with Crippen molar-refractivity contribution in [2.24, 2.45) is 11.7 Å². The number of aliphatic hydroxyl groups is 1. The molecule has 2 rings (SSSR count). The second-order valence-corrected chi connectivity index (χ2v) is 5.70. The zero-order chi connectivity index (χ0) is 14.4. The van der Waals surface area contributed by atoms with Crippen LogP contribution in [0.25, 0.3) is 0 Å². The highest BCUT2D eigenvalue weighted by Crippen LogP contribution is 2.23. The summed E-state index contributed by atoms with van der Waals surface area (Å²) in [5.41, 5.74) is 7.04. The standard InChI is InChI=1S/C16H24N2O2/c17-14-8-4-7-13(10-14)16(20)18-15(11-19)9-12-5-2-1-3-6-12/h1-3,5-6,13-15,19H,4,7-11,17H2,(H,18,20). The Morgan fingerprint density at radius 2 is 2.10 bits per heavy atom. The van der Waals surface area contributed by atoms with E-state index >= 15 is 0 Å². The van der Waals surface area contributed by atoms with Crippen molar-refractivity contribution < 1.29 is 9.90 Å². The molecule has 1 aliphatic rings. The third-order valence-corrected chi connectivity index (χ3v) is 3.98. The molecule has 0 aliphatic heterocycles. The van der Waals surface area contributed by atoms with Crippen LogP contribution in [0.2, 0.25) is 0 Å². The number of nitrogens with one attached hydrogen (secondary N) is 1. The Kier molecular flexibility index (Phi) is 5.56. The summed E-state index contributed by atoms with van der Waals surface area (Å²) in [5.74, 6) is 0.0405. The molecule has 20 heavy (non-hydrogen) atoms. The zero-order valence-electron chi connectivity index (χ0n) is 11.8. The van der Waals surface area contributed by atoms with Gasteiger partial charge in [-0.25, -0.2) is 0 Å². The van der Waals surface area contributed by atoms with Crippen molar-refractivity contribution in [3.8, 4) is 0 Å². The van der Waals surface area contributed by atoms with Gasteiger partial charge in [-0.2, -0.15) is 0 Å². The Hall–Kier alpha value is -1.39. The van der Waals surface area contributed by atoms with Crippen LogP contribution in [0, 0.1) is 5.92 Å². The van der Waals surface area contributed by atoms with Crippen LogP contribution in [0.5, 0.6) is 0 Å². The minimum Gasteiger partial charge on any atom is -0.394 e. The molecular formula is C16H24N2O2. The molecule has 1 aliphatic carbocycles. The van der Waals surface area contributed by atoms with Gasteiger partial charge in [-0.15, -0.1) is 0 Å². The number of amides is 1. The van der Waals surface area contributed by atoms with Crippen molar-refractivity contribution in [2.75, 3.05) is 6.61 Å². The molecule has 0 heterocycles. The lowest BCUT2D eigenvalue weighted by atomic mass is 9.85. The predicted octanol–water partition coefficient (Wildman–Crippen LogP) is 1.22. The zero-order valence-corrected chi connectivity index (χ0v) is 11.8. The summed E-state index contributed by atoms with van der Waals surface area (Å²) in [4.78, 5) is 12.2. The van der Waals surface area contributed by atoms with Crippen LogP contribution in [0.15, 0.2) is 30.3 Å². The van der Waals surface area contributed by atoms with E-state index in [0.717, 1.165) is 31.2 Å². The van der Waals surface area contributed by atoms with Crippen LogP contribution < -0.4 is 11.1 Å². The fourth-order valence-corrected chi connectivity index (χ4v) is 2.84. The van der Waals surface area contributed by atoms with Crippen molar-refractivity contribution in [3.05, 3.63) is 35.9 Å². The summed E-state index contributed by atoms with van der Waals surface area (Å²) in [6.45, 7) is -0.0423. The highest BCUT2D eigenvalue weighted by molar-refractivity contribution is 5.79. The second-order valence-electron chi connectivity index (χ2n) is 5.70. The number of nitrogens with two attached hydrogens (primary N) is 1. The van der Waals surface area contributed by atoms with Crippen LogP contribution in [0.1, 0.15) is 31.2 Å². The van der Waals surface area contributed by atoms with Crippen molar-refractivity contribution in [3.63, 3.8) is 0 Å². The van der Waals surface area contributed by atoms with Crippen molar-refractivity contribution in [1.29, 1.82) is 0 Å². The molecule has 0 saturated heterocycles. The molecule has 0 radical (unpaired) electrons. The molecule has 1 fully saturated rings. The first kappa shape index (κ1) is 15.0. The molecule has 1 aromatic carbocycles. The number of benzene rings is 1. The van der Waals surface area contributed by atoms with Crippen molar-refractivity contribution >= 4 is 5.91 Å². The summed E-state index contributed by atoms with van der Waals surface area (Å²) in [6.07, 6.45) is 4.35. The molecule has 4 heteroatoms. The van der Waals surface area contributed by atoms with Crippen molar-refractivity contribution in [2.45, 2.75) is 44.2 Å². The second kappa shape index (κ2) is 7.41. The highest BCUT2D eigenvalue weighted by Gasteiger charge is 2.26. The molecule has 3 atom stereocenters. The van der Waals surface area contributed by atoms with Gasteiger partial charge in [0.05, 0.1) is 12.6 Å². The van der Waals surface area contributed by atoms with Crippen LogP contribution in [-0.4, -0.2) is 29.7 Å². The van der Waals surface area contributed by atoms with E-state index in [9.17, 15) is 9.90 Å². The van der Waals surface area contributed by atoms with E-state index in [0.29, 0.717) is 6.42 Å².